The topological polar surface area (TPSA) is 67.9 Å². The number of guanidine groups is 1. The summed E-state index contributed by atoms with van der Waals surface area (Å²) in [5, 5.41) is 0. The number of nitrogens with zero attached hydrogens (tertiary/aromatic N) is 2. The lowest BCUT2D eigenvalue weighted by Gasteiger charge is -2.27. The molecular formula is C23H18F3N3O2. The van der Waals surface area contributed by atoms with Crippen LogP contribution in [0.25, 0.3) is 0 Å². The fraction of sp³-hybridized carbons (Fsp3) is 0.130. The van der Waals surface area contributed by atoms with Crippen LogP contribution >= 0.6 is 0 Å². The molecule has 0 fully saturated rings. The summed E-state index contributed by atoms with van der Waals surface area (Å²) in [4.78, 5) is 19.4. The largest absolute Gasteiger partial charge is 0.573 e. The van der Waals surface area contributed by atoms with Crippen LogP contribution in [0, 0.1) is 0 Å². The van der Waals surface area contributed by atoms with Gasteiger partial charge >= 0.3 is 6.36 Å². The average molecular weight is 425 g/mol. The van der Waals surface area contributed by atoms with E-state index in [1.54, 1.807) is 54.6 Å². The molecule has 0 saturated heterocycles. The van der Waals surface area contributed by atoms with Gasteiger partial charge in [-0.1, -0.05) is 78.9 Å². The van der Waals surface area contributed by atoms with Gasteiger partial charge in [-0.15, -0.1) is 13.2 Å². The SMILES string of the molecule is NC1=NC(c2ccccc2)(c2ccccc2)C(=O)N1Cc1ccccc1OC(F)(F)F. The quantitative estimate of drug-likeness (QED) is 0.667. The third-order valence-electron chi connectivity index (χ3n) is 5.02. The van der Waals surface area contributed by atoms with Gasteiger partial charge in [0.15, 0.2) is 11.5 Å². The summed E-state index contributed by atoms with van der Waals surface area (Å²) in [6.07, 6.45) is -4.86. The van der Waals surface area contributed by atoms with E-state index < -0.39 is 23.6 Å². The van der Waals surface area contributed by atoms with Crippen LogP contribution < -0.4 is 10.5 Å². The number of hydrogen-bond donors (Lipinski definition) is 1. The van der Waals surface area contributed by atoms with E-state index in [0.717, 1.165) is 0 Å². The first-order valence-electron chi connectivity index (χ1n) is 9.43. The first-order valence-corrected chi connectivity index (χ1v) is 9.43. The smallest absolute Gasteiger partial charge is 0.405 e. The highest BCUT2D eigenvalue weighted by Crippen LogP contribution is 2.40. The number of ether oxygens (including phenoxy) is 1. The zero-order chi connectivity index (χ0) is 22.1. The Hall–Kier alpha value is -3.81. The summed E-state index contributed by atoms with van der Waals surface area (Å²) >= 11 is 0. The van der Waals surface area contributed by atoms with Crippen LogP contribution in [0.5, 0.6) is 5.75 Å². The number of halogens is 3. The first-order chi connectivity index (χ1) is 14.8. The van der Waals surface area contributed by atoms with E-state index in [2.05, 4.69) is 9.73 Å². The molecule has 0 spiro atoms. The molecule has 3 aromatic rings. The Morgan fingerprint density at radius 2 is 1.39 bits per heavy atom. The third kappa shape index (κ3) is 3.84. The molecule has 0 unspecified atom stereocenters. The van der Waals surface area contributed by atoms with Crippen molar-refractivity contribution in [3.05, 3.63) is 102 Å². The highest BCUT2D eigenvalue weighted by atomic mass is 19.4. The lowest BCUT2D eigenvalue weighted by atomic mass is 9.83. The van der Waals surface area contributed by atoms with Gasteiger partial charge in [-0.05, 0) is 17.2 Å². The number of amides is 1. The second-order valence-electron chi connectivity index (χ2n) is 6.96. The second kappa shape index (κ2) is 7.79. The second-order valence-corrected chi connectivity index (χ2v) is 6.96. The number of carbonyl (C=O) groups is 1. The number of benzene rings is 3. The lowest BCUT2D eigenvalue weighted by molar-refractivity contribution is -0.274. The van der Waals surface area contributed by atoms with E-state index in [1.165, 1.54) is 23.1 Å². The number of alkyl halides is 3. The van der Waals surface area contributed by atoms with Gasteiger partial charge in [0.2, 0.25) is 0 Å². The summed E-state index contributed by atoms with van der Waals surface area (Å²) in [5.74, 6) is -0.934. The molecule has 4 rings (SSSR count). The van der Waals surface area contributed by atoms with Crippen molar-refractivity contribution in [3.8, 4) is 5.75 Å². The minimum atomic E-state index is -4.86. The summed E-state index contributed by atoms with van der Waals surface area (Å²) in [7, 11) is 0. The zero-order valence-corrected chi connectivity index (χ0v) is 16.2. The highest BCUT2D eigenvalue weighted by Gasteiger charge is 2.50. The third-order valence-corrected chi connectivity index (χ3v) is 5.02. The Bertz CT molecular complexity index is 1080. The Balaban J connectivity index is 1.76. The molecule has 1 aliphatic rings. The number of hydrogen-bond acceptors (Lipinski definition) is 4. The molecule has 3 aromatic carbocycles. The number of nitrogens with two attached hydrogens (primary N) is 1. The molecule has 8 heteroatoms. The van der Waals surface area contributed by atoms with E-state index in [0.29, 0.717) is 11.1 Å². The number of para-hydroxylation sites is 1. The molecule has 0 radical (unpaired) electrons. The molecule has 2 N–H and O–H groups in total. The van der Waals surface area contributed by atoms with Crippen molar-refractivity contribution in [2.75, 3.05) is 0 Å². The average Bonchev–Trinajstić information content (AvgIpc) is 3.01. The molecule has 0 aliphatic carbocycles. The van der Waals surface area contributed by atoms with E-state index in [9.17, 15) is 18.0 Å². The summed E-state index contributed by atoms with van der Waals surface area (Å²) in [6.45, 7) is -0.220. The Kier molecular flexibility index (Phi) is 5.14. The summed E-state index contributed by atoms with van der Waals surface area (Å²) < 4.78 is 42.5. The minimum absolute atomic E-state index is 0.0838. The van der Waals surface area contributed by atoms with E-state index >= 15 is 0 Å². The maximum absolute atomic E-state index is 13.7. The van der Waals surface area contributed by atoms with Crippen LogP contribution in [-0.2, 0) is 16.9 Å². The van der Waals surface area contributed by atoms with Gasteiger partial charge in [0.1, 0.15) is 5.75 Å². The van der Waals surface area contributed by atoms with Crippen molar-refractivity contribution in [2.24, 2.45) is 10.7 Å². The molecule has 1 heterocycles. The number of rotatable bonds is 5. The van der Waals surface area contributed by atoms with Crippen LogP contribution in [0.4, 0.5) is 13.2 Å². The molecule has 1 aliphatic heterocycles. The highest BCUT2D eigenvalue weighted by molar-refractivity contribution is 6.09. The van der Waals surface area contributed by atoms with Gasteiger partial charge in [-0.3, -0.25) is 9.69 Å². The summed E-state index contributed by atoms with van der Waals surface area (Å²) in [5.41, 5.74) is 6.08. The van der Waals surface area contributed by atoms with Crippen LogP contribution in [0.3, 0.4) is 0 Å². The zero-order valence-electron chi connectivity index (χ0n) is 16.2. The van der Waals surface area contributed by atoms with Crippen molar-refractivity contribution in [3.63, 3.8) is 0 Å². The monoisotopic (exact) mass is 425 g/mol. The maximum atomic E-state index is 13.7. The molecule has 158 valence electrons. The molecule has 0 bridgehead atoms. The normalized spacial score (nSPS) is 15.6. The molecule has 0 saturated carbocycles. The Morgan fingerprint density at radius 3 is 1.94 bits per heavy atom. The molecule has 0 atom stereocenters. The van der Waals surface area contributed by atoms with Gasteiger partial charge < -0.3 is 10.5 Å². The fourth-order valence-corrected chi connectivity index (χ4v) is 3.66. The van der Waals surface area contributed by atoms with Crippen LogP contribution in [-0.4, -0.2) is 23.1 Å². The van der Waals surface area contributed by atoms with Crippen LogP contribution in [0.1, 0.15) is 16.7 Å². The van der Waals surface area contributed by atoms with Crippen molar-refractivity contribution < 1.29 is 22.7 Å². The van der Waals surface area contributed by atoms with Crippen LogP contribution in [0.2, 0.25) is 0 Å². The summed E-state index contributed by atoms with van der Waals surface area (Å²) in [6, 6.07) is 23.5. The van der Waals surface area contributed by atoms with Crippen molar-refractivity contribution >= 4 is 11.9 Å². The van der Waals surface area contributed by atoms with E-state index in [-0.39, 0.29) is 18.1 Å². The van der Waals surface area contributed by atoms with Crippen LogP contribution in [0.15, 0.2) is 89.9 Å². The number of aliphatic imine (C=N–C) groups is 1. The molecule has 31 heavy (non-hydrogen) atoms. The molecule has 0 aromatic heterocycles. The van der Waals surface area contributed by atoms with Gasteiger partial charge in [0.25, 0.3) is 5.91 Å². The fourth-order valence-electron chi connectivity index (χ4n) is 3.66. The lowest BCUT2D eigenvalue weighted by Crippen LogP contribution is -2.43. The van der Waals surface area contributed by atoms with Gasteiger partial charge in [0, 0.05) is 5.56 Å². The Labute approximate surface area is 176 Å². The van der Waals surface area contributed by atoms with Crippen molar-refractivity contribution in [2.45, 2.75) is 18.4 Å². The predicted octanol–water partition coefficient (Wildman–Crippen LogP) is 4.19. The first kappa shape index (κ1) is 20.5. The van der Waals surface area contributed by atoms with E-state index in [1.807, 2.05) is 12.1 Å². The minimum Gasteiger partial charge on any atom is -0.405 e. The van der Waals surface area contributed by atoms with E-state index in [4.69, 9.17) is 5.73 Å². The van der Waals surface area contributed by atoms with Crippen molar-refractivity contribution in [1.29, 1.82) is 0 Å². The Morgan fingerprint density at radius 1 is 0.871 bits per heavy atom. The molecular weight excluding hydrogens is 407 g/mol. The standard InChI is InChI=1S/C23H18F3N3O2/c24-23(25,26)31-19-14-8-7-9-16(19)15-29-20(30)22(28-21(29)27,17-10-3-1-4-11-17)18-12-5-2-6-13-18/h1-14H,15H2,(H2,27,28). The maximum Gasteiger partial charge on any atom is 0.573 e. The number of carbonyl (C=O) groups excluding carboxylic acids is 1. The van der Waals surface area contributed by atoms with Crippen molar-refractivity contribution in [1.82, 2.24) is 4.90 Å². The van der Waals surface area contributed by atoms with Gasteiger partial charge in [-0.25, -0.2) is 4.99 Å². The molecule has 5 nitrogen and oxygen atoms in total. The molecule has 1 amide bonds. The van der Waals surface area contributed by atoms with Gasteiger partial charge in [-0.2, -0.15) is 0 Å². The van der Waals surface area contributed by atoms with Gasteiger partial charge in [0.05, 0.1) is 6.54 Å². The predicted molar refractivity (Wildman–Crippen MR) is 109 cm³/mol.